The van der Waals surface area contributed by atoms with Crippen molar-refractivity contribution in [3.63, 3.8) is 0 Å². The van der Waals surface area contributed by atoms with Gasteiger partial charge in [0.05, 0.1) is 16.7 Å². The summed E-state index contributed by atoms with van der Waals surface area (Å²) in [4.78, 5) is 42.5. The number of nitrogens with one attached hydrogen (secondary N) is 2. The van der Waals surface area contributed by atoms with Crippen LogP contribution >= 0.6 is 0 Å². The Morgan fingerprint density at radius 2 is 1.59 bits per heavy atom. The van der Waals surface area contributed by atoms with Crippen molar-refractivity contribution in [2.45, 2.75) is 19.6 Å². The molecule has 1 aromatic heterocycles. The number of benzene rings is 3. The molecule has 3 aromatic carbocycles. The molecule has 1 aliphatic heterocycles. The van der Waals surface area contributed by atoms with Gasteiger partial charge in [0.2, 0.25) is 12.1 Å². The smallest absolute Gasteiger partial charge is 0.261 e. The van der Waals surface area contributed by atoms with Gasteiger partial charge in [-0.2, -0.15) is 0 Å². The van der Waals surface area contributed by atoms with E-state index in [2.05, 4.69) is 10.3 Å². The first-order valence-electron chi connectivity index (χ1n) is 11.6. The minimum Gasteiger partial charge on any atom is -0.457 e. The number of imidazole rings is 1. The van der Waals surface area contributed by atoms with Crippen LogP contribution in [-0.4, -0.2) is 39.8 Å². The average Bonchev–Trinajstić information content (AvgIpc) is 3.51. The molecule has 2 heterocycles. The van der Waals surface area contributed by atoms with Gasteiger partial charge in [-0.25, -0.2) is 4.57 Å². The van der Waals surface area contributed by atoms with Crippen LogP contribution in [0.5, 0.6) is 11.5 Å². The van der Waals surface area contributed by atoms with E-state index in [1.165, 1.54) is 37.0 Å². The fourth-order valence-corrected chi connectivity index (χ4v) is 4.23. The number of carbonyl (C=O) groups excluding carboxylic acids is 3. The fourth-order valence-electron chi connectivity index (χ4n) is 4.23. The molecule has 9 heteroatoms. The van der Waals surface area contributed by atoms with Crippen LogP contribution in [0.15, 0.2) is 79.4 Å². The number of anilines is 1. The standard InChI is InChI=1S/C28H24N4O5/c1-17-4-8-19(9-5-17)37-20-10-6-18(7-11-20)30-25(33)23-14-21-22(27(35)31(3)26(21)34)15-24(23)28(2,36)32-13-12-29-16-32/h4-16,36H,1-3H3,(H,30,33)/p+1. The molecule has 0 saturated carbocycles. The summed E-state index contributed by atoms with van der Waals surface area (Å²) in [6, 6.07) is 17.3. The minimum atomic E-state index is -1.70. The lowest BCUT2D eigenvalue weighted by Crippen LogP contribution is -2.54. The van der Waals surface area contributed by atoms with Crippen LogP contribution in [0, 0.1) is 6.92 Å². The number of aryl methyl sites for hydroxylation is 1. The SMILES string of the molecule is Cc1ccc(Oc2ccc(NC(=O)c3cc4c(cc3C(C)(O)[n+]3cc[nH]c3)C(=O)N(C)C4=O)cc2)cc1. The molecule has 9 nitrogen and oxygen atoms in total. The van der Waals surface area contributed by atoms with Crippen molar-refractivity contribution in [2.24, 2.45) is 0 Å². The maximum atomic E-state index is 13.4. The predicted octanol–water partition coefficient (Wildman–Crippen LogP) is 3.59. The number of imide groups is 1. The third kappa shape index (κ3) is 4.36. The molecule has 0 radical (unpaired) electrons. The van der Waals surface area contributed by atoms with Crippen LogP contribution in [0.25, 0.3) is 0 Å². The quantitative estimate of drug-likeness (QED) is 0.278. The van der Waals surface area contributed by atoms with Gasteiger partial charge < -0.3 is 15.2 Å². The van der Waals surface area contributed by atoms with E-state index in [0.29, 0.717) is 17.2 Å². The zero-order valence-electron chi connectivity index (χ0n) is 20.5. The monoisotopic (exact) mass is 497 g/mol. The number of rotatable bonds is 6. The van der Waals surface area contributed by atoms with Crippen molar-refractivity contribution in [3.8, 4) is 11.5 Å². The molecule has 37 heavy (non-hydrogen) atoms. The summed E-state index contributed by atoms with van der Waals surface area (Å²) < 4.78 is 7.31. The number of fused-ring (bicyclic) bond motifs is 1. The van der Waals surface area contributed by atoms with Crippen LogP contribution in [-0.2, 0) is 5.72 Å². The van der Waals surface area contributed by atoms with Gasteiger partial charge in [0.1, 0.15) is 23.9 Å². The van der Waals surface area contributed by atoms with Crippen LogP contribution in [0.4, 0.5) is 5.69 Å². The van der Waals surface area contributed by atoms with E-state index in [-0.39, 0.29) is 22.3 Å². The van der Waals surface area contributed by atoms with Gasteiger partial charge in [0.15, 0.2) is 0 Å². The van der Waals surface area contributed by atoms with Crippen LogP contribution in [0.1, 0.15) is 49.1 Å². The summed E-state index contributed by atoms with van der Waals surface area (Å²) in [6.07, 6.45) is 4.74. The molecule has 0 fully saturated rings. The Bertz CT molecular complexity index is 1510. The van der Waals surface area contributed by atoms with Crippen molar-refractivity contribution >= 4 is 23.4 Å². The Labute approximate surface area is 212 Å². The van der Waals surface area contributed by atoms with E-state index in [9.17, 15) is 19.5 Å². The van der Waals surface area contributed by atoms with E-state index in [4.69, 9.17) is 4.74 Å². The van der Waals surface area contributed by atoms with Crippen molar-refractivity contribution < 1.29 is 28.8 Å². The van der Waals surface area contributed by atoms with Crippen LogP contribution in [0.2, 0.25) is 0 Å². The van der Waals surface area contributed by atoms with Crippen molar-refractivity contribution in [2.75, 3.05) is 12.4 Å². The molecular weight excluding hydrogens is 472 g/mol. The molecule has 0 spiro atoms. The maximum absolute atomic E-state index is 13.4. The summed E-state index contributed by atoms with van der Waals surface area (Å²) in [7, 11) is 1.38. The zero-order chi connectivity index (χ0) is 26.3. The largest absolute Gasteiger partial charge is 0.457 e. The van der Waals surface area contributed by atoms with Crippen LogP contribution in [0.3, 0.4) is 0 Å². The molecule has 4 aromatic rings. The molecule has 5 rings (SSSR count). The lowest BCUT2D eigenvalue weighted by atomic mass is 9.92. The minimum absolute atomic E-state index is 0.0638. The van der Waals surface area contributed by atoms with Gasteiger partial charge >= 0.3 is 0 Å². The highest BCUT2D eigenvalue weighted by molar-refractivity contribution is 6.22. The number of ether oxygens (including phenoxy) is 1. The molecule has 0 saturated heterocycles. The Morgan fingerprint density at radius 1 is 1.00 bits per heavy atom. The molecular formula is C28H25N4O5+. The first-order chi connectivity index (χ1) is 17.6. The highest BCUT2D eigenvalue weighted by Gasteiger charge is 2.40. The van der Waals surface area contributed by atoms with Gasteiger partial charge in [0, 0.05) is 25.2 Å². The predicted molar refractivity (Wildman–Crippen MR) is 134 cm³/mol. The number of H-pyrrole nitrogens is 1. The molecule has 3 N–H and O–H groups in total. The summed E-state index contributed by atoms with van der Waals surface area (Å²) in [6.45, 7) is 3.50. The number of carbonyl (C=O) groups is 3. The first kappa shape index (κ1) is 24.0. The highest BCUT2D eigenvalue weighted by atomic mass is 16.5. The number of nitrogens with zero attached hydrogens (tertiary/aromatic N) is 2. The summed E-state index contributed by atoms with van der Waals surface area (Å²) in [5.74, 6) is -0.256. The van der Waals surface area contributed by atoms with Crippen LogP contribution < -0.4 is 14.6 Å². The summed E-state index contributed by atoms with van der Waals surface area (Å²) in [5, 5.41) is 14.2. The third-order valence-electron chi connectivity index (χ3n) is 6.40. The van der Waals surface area contributed by atoms with Gasteiger partial charge in [-0.05, 0) is 55.5 Å². The first-order valence-corrected chi connectivity index (χ1v) is 11.6. The van der Waals surface area contributed by atoms with E-state index < -0.39 is 23.4 Å². The van der Waals surface area contributed by atoms with E-state index in [0.717, 1.165) is 10.5 Å². The molecule has 0 aliphatic carbocycles. The fraction of sp³-hybridized carbons (Fsp3) is 0.143. The van der Waals surface area contributed by atoms with Crippen molar-refractivity contribution in [1.29, 1.82) is 0 Å². The number of hydrogen-bond donors (Lipinski definition) is 3. The Hall–Kier alpha value is -4.76. The number of aromatic amines is 1. The molecule has 1 aliphatic rings. The molecule has 1 atom stereocenters. The highest BCUT2D eigenvalue weighted by Crippen LogP contribution is 2.31. The normalized spacial score (nSPS) is 14.3. The summed E-state index contributed by atoms with van der Waals surface area (Å²) in [5.41, 5.74) is 0.395. The van der Waals surface area contributed by atoms with E-state index >= 15 is 0 Å². The second-order valence-corrected chi connectivity index (χ2v) is 9.05. The second kappa shape index (κ2) is 9.03. The Morgan fingerprint density at radius 3 is 2.19 bits per heavy atom. The lowest BCUT2D eigenvalue weighted by Gasteiger charge is -2.23. The second-order valence-electron chi connectivity index (χ2n) is 9.05. The lowest BCUT2D eigenvalue weighted by molar-refractivity contribution is -0.790. The van der Waals surface area contributed by atoms with Crippen molar-refractivity contribution in [1.82, 2.24) is 9.88 Å². The van der Waals surface area contributed by atoms with Gasteiger partial charge in [-0.3, -0.25) is 24.3 Å². The van der Waals surface area contributed by atoms with Gasteiger partial charge in [0.25, 0.3) is 17.7 Å². The molecule has 186 valence electrons. The van der Waals surface area contributed by atoms with E-state index in [1.807, 2.05) is 31.2 Å². The number of aromatic nitrogens is 2. The molecule has 3 amide bonds. The van der Waals surface area contributed by atoms with Gasteiger partial charge in [-0.1, -0.05) is 17.7 Å². The number of amides is 3. The number of aliphatic hydroxyl groups is 1. The van der Waals surface area contributed by atoms with E-state index in [1.54, 1.807) is 36.7 Å². The molecule has 1 unspecified atom stereocenters. The maximum Gasteiger partial charge on any atom is 0.261 e. The number of hydrogen-bond acceptors (Lipinski definition) is 5. The zero-order valence-corrected chi connectivity index (χ0v) is 20.5. The van der Waals surface area contributed by atoms with Gasteiger partial charge in [-0.15, -0.1) is 0 Å². The Balaban J connectivity index is 1.46. The third-order valence-corrected chi connectivity index (χ3v) is 6.40. The molecule has 0 bridgehead atoms. The Kier molecular flexibility index (Phi) is 5.85. The summed E-state index contributed by atoms with van der Waals surface area (Å²) >= 11 is 0. The average molecular weight is 498 g/mol. The topological polar surface area (TPSA) is 116 Å². The van der Waals surface area contributed by atoms with Crippen molar-refractivity contribution in [3.05, 3.63) is 107 Å².